The Balaban J connectivity index is 2.36. The first kappa shape index (κ1) is 17.4. The van der Waals surface area contributed by atoms with Crippen LogP contribution in [0, 0.1) is 27.7 Å². The summed E-state index contributed by atoms with van der Waals surface area (Å²) in [5, 5.41) is 0. The Labute approximate surface area is 147 Å². The third-order valence-electron chi connectivity index (χ3n) is 6.64. The number of rotatable bonds is 3. The van der Waals surface area contributed by atoms with Gasteiger partial charge in [-0.1, -0.05) is 27.7 Å². The fourth-order valence-corrected chi connectivity index (χ4v) is 5.52. The molecule has 1 aliphatic heterocycles. The molecule has 2 nitrogen and oxygen atoms in total. The van der Waals surface area contributed by atoms with Gasteiger partial charge in [0.25, 0.3) is 0 Å². The number of H-pyrrole nitrogens is 1. The molecule has 1 N–H and O–H groups in total. The molecular formula is C22H34N2. The molecule has 0 bridgehead atoms. The molecule has 0 spiro atoms. The molecule has 0 aliphatic carbocycles. The molecule has 1 atom stereocenters. The predicted octanol–water partition coefficient (Wildman–Crippen LogP) is 5.62. The van der Waals surface area contributed by atoms with E-state index in [1.165, 1.54) is 33.8 Å². The van der Waals surface area contributed by atoms with Crippen molar-refractivity contribution in [1.29, 1.82) is 0 Å². The summed E-state index contributed by atoms with van der Waals surface area (Å²) in [5.74, 6) is 0. The molecule has 132 valence electrons. The average Bonchev–Trinajstić information content (AvgIpc) is 3.03. The molecule has 0 radical (unpaired) electrons. The van der Waals surface area contributed by atoms with E-state index in [1.807, 2.05) is 0 Å². The summed E-state index contributed by atoms with van der Waals surface area (Å²) in [6.07, 6.45) is 3.38. The minimum absolute atomic E-state index is 0.0193. The smallest absolute Gasteiger partial charge is 0.0828 e. The second-order valence-corrected chi connectivity index (χ2v) is 8.64. The number of nitrogens with one attached hydrogen (secondary N) is 1. The number of aromatic nitrogens is 2. The van der Waals surface area contributed by atoms with Gasteiger partial charge in [0, 0.05) is 28.2 Å². The topological polar surface area (TPSA) is 20.7 Å². The van der Waals surface area contributed by atoms with Gasteiger partial charge in [0.15, 0.2) is 0 Å². The van der Waals surface area contributed by atoms with E-state index in [-0.39, 0.29) is 11.0 Å². The number of hydrogen-bond acceptors (Lipinski definition) is 0. The molecule has 0 saturated heterocycles. The van der Waals surface area contributed by atoms with Gasteiger partial charge in [0.2, 0.25) is 0 Å². The summed E-state index contributed by atoms with van der Waals surface area (Å²) in [7, 11) is 0. The van der Waals surface area contributed by atoms with Crippen molar-refractivity contribution in [2.75, 3.05) is 0 Å². The van der Waals surface area contributed by atoms with Crippen molar-refractivity contribution < 1.29 is 0 Å². The molecule has 1 unspecified atom stereocenters. The van der Waals surface area contributed by atoms with Crippen LogP contribution in [0.15, 0.2) is 0 Å². The molecule has 2 aromatic rings. The Morgan fingerprint density at radius 3 is 2.04 bits per heavy atom. The quantitative estimate of drug-likeness (QED) is 0.756. The van der Waals surface area contributed by atoms with E-state index < -0.39 is 0 Å². The maximum atomic E-state index is 3.78. The van der Waals surface area contributed by atoms with Crippen molar-refractivity contribution in [2.24, 2.45) is 0 Å². The van der Waals surface area contributed by atoms with Gasteiger partial charge in [-0.2, -0.15) is 0 Å². The molecule has 0 saturated carbocycles. The fourth-order valence-electron chi connectivity index (χ4n) is 5.52. The molecule has 1 aliphatic rings. The summed E-state index contributed by atoms with van der Waals surface area (Å²) in [4.78, 5) is 3.78. The summed E-state index contributed by atoms with van der Waals surface area (Å²) >= 11 is 0. The standard InChI is InChI=1S/C22H34N2/c1-10-17-13(3)15(5)23-19(17)22(9)12-21(7,8)20-18(11-2)14(4)16(6)24(20)22/h23H,10-12H2,1-9H3. The summed E-state index contributed by atoms with van der Waals surface area (Å²) < 4.78 is 2.67. The number of nitrogens with zero attached hydrogens (tertiary/aromatic N) is 1. The van der Waals surface area contributed by atoms with E-state index in [1.54, 1.807) is 11.3 Å². The largest absolute Gasteiger partial charge is 0.360 e. The highest BCUT2D eigenvalue weighted by Crippen LogP contribution is 2.52. The van der Waals surface area contributed by atoms with Crippen LogP contribution < -0.4 is 0 Å². The van der Waals surface area contributed by atoms with Gasteiger partial charge in [-0.05, 0) is 76.1 Å². The van der Waals surface area contributed by atoms with Crippen LogP contribution in [0.2, 0.25) is 0 Å². The van der Waals surface area contributed by atoms with Crippen molar-refractivity contribution in [3.63, 3.8) is 0 Å². The van der Waals surface area contributed by atoms with Crippen LogP contribution in [0.3, 0.4) is 0 Å². The highest BCUT2D eigenvalue weighted by molar-refractivity contribution is 5.50. The Morgan fingerprint density at radius 1 is 0.917 bits per heavy atom. The zero-order valence-corrected chi connectivity index (χ0v) is 17.1. The summed E-state index contributed by atoms with van der Waals surface area (Å²) in [6, 6.07) is 0. The molecule has 24 heavy (non-hydrogen) atoms. The van der Waals surface area contributed by atoms with Gasteiger partial charge in [-0.15, -0.1) is 0 Å². The lowest BCUT2D eigenvalue weighted by Gasteiger charge is -2.31. The molecule has 0 aromatic carbocycles. The van der Waals surface area contributed by atoms with Gasteiger partial charge in [0.05, 0.1) is 5.54 Å². The van der Waals surface area contributed by atoms with Gasteiger partial charge in [-0.3, -0.25) is 0 Å². The second-order valence-electron chi connectivity index (χ2n) is 8.64. The van der Waals surface area contributed by atoms with Crippen molar-refractivity contribution in [1.82, 2.24) is 9.55 Å². The van der Waals surface area contributed by atoms with Gasteiger partial charge < -0.3 is 9.55 Å². The summed E-state index contributed by atoms with van der Waals surface area (Å²) in [6.45, 7) is 21.0. The van der Waals surface area contributed by atoms with E-state index >= 15 is 0 Å². The van der Waals surface area contributed by atoms with E-state index in [0.29, 0.717) is 0 Å². The van der Waals surface area contributed by atoms with E-state index in [9.17, 15) is 0 Å². The van der Waals surface area contributed by atoms with Crippen molar-refractivity contribution >= 4 is 0 Å². The zero-order valence-electron chi connectivity index (χ0n) is 17.1. The Hall–Kier alpha value is -1.44. The Bertz CT molecular complexity index is 801. The van der Waals surface area contributed by atoms with Crippen LogP contribution in [0.5, 0.6) is 0 Å². The second kappa shape index (κ2) is 5.28. The highest BCUT2D eigenvalue weighted by atomic mass is 15.1. The Morgan fingerprint density at radius 2 is 1.50 bits per heavy atom. The van der Waals surface area contributed by atoms with Crippen molar-refractivity contribution in [3.8, 4) is 0 Å². The third-order valence-corrected chi connectivity index (χ3v) is 6.64. The first-order valence-electron chi connectivity index (χ1n) is 9.50. The third kappa shape index (κ3) is 2.01. The van der Waals surface area contributed by atoms with Crippen LogP contribution in [0.25, 0.3) is 0 Å². The Kier molecular flexibility index (Phi) is 3.82. The zero-order chi connectivity index (χ0) is 18.0. The molecule has 0 fully saturated rings. The summed E-state index contributed by atoms with van der Waals surface area (Å²) in [5.41, 5.74) is 12.0. The molecule has 2 heteroatoms. The predicted molar refractivity (Wildman–Crippen MR) is 103 cm³/mol. The van der Waals surface area contributed by atoms with Crippen LogP contribution >= 0.6 is 0 Å². The maximum Gasteiger partial charge on any atom is 0.0828 e. The number of aryl methyl sites for hydroxylation is 1. The number of hydrogen-bond donors (Lipinski definition) is 1. The van der Waals surface area contributed by atoms with Crippen LogP contribution in [0.4, 0.5) is 0 Å². The van der Waals surface area contributed by atoms with E-state index in [2.05, 4.69) is 71.9 Å². The van der Waals surface area contributed by atoms with Crippen LogP contribution in [0.1, 0.15) is 86.1 Å². The lowest BCUT2D eigenvalue weighted by Crippen LogP contribution is -2.31. The van der Waals surface area contributed by atoms with Crippen LogP contribution in [-0.2, 0) is 23.8 Å². The monoisotopic (exact) mass is 326 g/mol. The minimum atomic E-state index is 0.0193. The van der Waals surface area contributed by atoms with Crippen molar-refractivity contribution in [3.05, 3.63) is 45.0 Å². The van der Waals surface area contributed by atoms with E-state index in [0.717, 1.165) is 19.3 Å². The van der Waals surface area contributed by atoms with E-state index in [4.69, 9.17) is 0 Å². The lowest BCUT2D eigenvalue weighted by atomic mass is 9.77. The average molecular weight is 327 g/mol. The SMILES string of the molecule is CCc1c(C2(C)CC(C)(C)c3c(CC)c(C)c(C)n32)[nH]c(C)c1C. The van der Waals surface area contributed by atoms with Gasteiger partial charge in [0.1, 0.15) is 0 Å². The maximum absolute atomic E-state index is 3.78. The van der Waals surface area contributed by atoms with Gasteiger partial charge >= 0.3 is 0 Å². The number of aromatic amines is 1. The first-order chi connectivity index (χ1) is 11.1. The van der Waals surface area contributed by atoms with Crippen LogP contribution in [-0.4, -0.2) is 9.55 Å². The molecule has 2 aromatic heterocycles. The molecular weight excluding hydrogens is 292 g/mol. The van der Waals surface area contributed by atoms with Crippen molar-refractivity contribution in [2.45, 2.75) is 92.5 Å². The first-order valence-corrected chi connectivity index (χ1v) is 9.50. The molecule has 3 rings (SSSR count). The fraction of sp³-hybridized carbons (Fsp3) is 0.636. The minimum Gasteiger partial charge on any atom is -0.360 e. The molecule has 3 heterocycles. The van der Waals surface area contributed by atoms with Gasteiger partial charge in [-0.25, -0.2) is 0 Å². The highest BCUT2D eigenvalue weighted by Gasteiger charge is 2.50. The lowest BCUT2D eigenvalue weighted by molar-refractivity contribution is 0.350. The molecule has 0 amide bonds. The normalized spacial score (nSPS) is 22.2. The number of fused-ring (bicyclic) bond motifs is 1.